The SMILES string of the molecule is CCOC1CCC(OCCC(=O)NC2CCC(C(=O)CC)CC2)CC1. The van der Waals surface area contributed by atoms with E-state index in [1.165, 1.54) is 0 Å². The number of ketones is 1. The van der Waals surface area contributed by atoms with E-state index in [2.05, 4.69) is 5.32 Å². The highest BCUT2D eigenvalue weighted by Gasteiger charge is 2.26. The van der Waals surface area contributed by atoms with Gasteiger partial charge in [0.15, 0.2) is 0 Å². The second-order valence-electron chi connectivity index (χ2n) is 7.41. The predicted octanol–water partition coefficient (Wildman–Crippen LogP) is 3.39. The van der Waals surface area contributed by atoms with Crippen LogP contribution in [0.3, 0.4) is 0 Å². The van der Waals surface area contributed by atoms with Gasteiger partial charge in [-0.2, -0.15) is 0 Å². The molecule has 0 saturated heterocycles. The average Bonchev–Trinajstić information content (AvgIpc) is 2.63. The zero-order valence-electron chi connectivity index (χ0n) is 15.9. The third-order valence-electron chi connectivity index (χ3n) is 5.60. The summed E-state index contributed by atoms with van der Waals surface area (Å²) in [5, 5.41) is 3.11. The predicted molar refractivity (Wildman–Crippen MR) is 97.4 cm³/mol. The van der Waals surface area contributed by atoms with E-state index in [-0.39, 0.29) is 24.0 Å². The molecule has 2 saturated carbocycles. The minimum atomic E-state index is 0.0771. The number of amides is 1. The number of Topliss-reactive ketones (excluding diaryl/α,β-unsaturated/α-hetero) is 1. The molecule has 0 spiro atoms. The van der Waals surface area contributed by atoms with Crippen LogP contribution in [0.15, 0.2) is 0 Å². The Bertz CT molecular complexity index is 410. The molecule has 0 atom stereocenters. The summed E-state index contributed by atoms with van der Waals surface area (Å²) < 4.78 is 11.5. The van der Waals surface area contributed by atoms with Crippen molar-refractivity contribution in [3.8, 4) is 0 Å². The van der Waals surface area contributed by atoms with Gasteiger partial charge in [-0.15, -0.1) is 0 Å². The largest absolute Gasteiger partial charge is 0.379 e. The van der Waals surface area contributed by atoms with Crippen LogP contribution in [-0.4, -0.2) is 43.2 Å². The fraction of sp³-hybridized carbons (Fsp3) is 0.900. The Morgan fingerprint density at radius 3 is 2.04 bits per heavy atom. The third-order valence-corrected chi connectivity index (χ3v) is 5.60. The van der Waals surface area contributed by atoms with Gasteiger partial charge >= 0.3 is 0 Å². The number of carbonyl (C=O) groups excluding carboxylic acids is 2. The van der Waals surface area contributed by atoms with Gasteiger partial charge in [0.05, 0.1) is 18.8 Å². The molecule has 2 rings (SSSR count). The molecule has 0 aromatic rings. The standard InChI is InChI=1S/C20H35NO4/c1-3-19(22)15-5-7-16(8-6-15)21-20(23)13-14-25-18-11-9-17(10-12-18)24-4-2/h15-18H,3-14H2,1-2H3,(H,21,23). The van der Waals surface area contributed by atoms with Gasteiger partial charge in [0.2, 0.25) is 5.91 Å². The number of hydrogen-bond donors (Lipinski definition) is 1. The van der Waals surface area contributed by atoms with Crippen LogP contribution in [0.2, 0.25) is 0 Å². The summed E-state index contributed by atoms with van der Waals surface area (Å²) >= 11 is 0. The summed E-state index contributed by atoms with van der Waals surface area (Å²) in [5.41, 5.74) is 0. The van der Waals surface area contributed by atoms with E-state index in [1.54, 1.807) is 0 Å². The summed E-state index contributed by atoms with van der Waals surface area (Å²) in [4.78, 5) is 23.8. The van der Waals surface area contributed by atoms with E-state index in [0.29, 0.717) is 31.3 Å². The second-order valence-corrected chi connectivity index (χ2v) is 7.41. The van der Waals surface area contributed by atoms with Crippen molar-refractivity contribution in [2.75, 3.05) is 13.2 Å². The molecular weight excluding hydrogens is 318 g/mol. The minimum absolute atomic E-state index is 0.0771. The number of carbonyl (C=O) groups is 2. The molecule has 1 amide bonds. The number of hydrogen-bond acceptors (Lipinski definition) is 4. The lowest BCUT2D eigenvalue weighted by atomic mass is 9.83. The molecule has 25 heavy (non-hydrogen) atoms. The Morgan fingerprint density at radius 1 is 0.880 bits per heavy atom. The maximum atomic E-state index is 12.1. The van der Waals surface area contributed by atoms with Gasteiger partial charge in [0.1, 0.15) is 5.78 Å². The van der Waals surface area contributed by atoms with Crippen LogP contribution in [0.25, 0.3) is 0 Å². The fourth-order valence-electron chi connectivity index (χ4n) is 4.07. The molecule has 0 unspecified atom stereocenters. The van der Waals surface area contributed by atoms with Gasteiger partial charge in [-0.25, -0.2) is 0 Å². The first-order valence-corrected chi connectivity index (χ1v) is 10.2. The van der Waals surface area contributed by atoms with Gasteiger partial charge in [0.25, 0.3) is 0 Å². The van der Waals surface area contributed by atoms with E-state index in [1.807, 2.05) is 13.8 Å². The lowest BCUT2D eigenvalue weighted by Gasteiger charge is -2.29. The van der Waals surface area contributed by atoms with Gasteiger partial charge in [-0.1, -0.05) is 6.92 Å². The minimum Gasteiger partial charge on any atom is -0.379 e. The Balaban J connectivity index is 1.54. The van der Waals surface area contributed by atoms with Crippen molar-refractivity contribution in [3.63, 3.8) is 0 Å². The van der Waals surface area contributed by atoms with Crippen LogP contribution < -0.4 is 5.32 Å². The van der Waals surface area contributed by atoms with Crippen molar-refractivity contribution in [1.82, 2.24) is 5.32 Å². The molecule has 5 nitrogen and oxygen atoms in total. The van der Waals surface area contributed by atoms with Crippen molar-refractivity contribution in [2.45, 2.75) is 96.3 Å². The molecule has 1 N–H and O–H groups in total. The Kier molecular flexibility index (Phi) is 8.90. The quantitative estimate of drug-likeness (QED) is 0.690. The molecule has 0 bridgehead atoms. The highest BCUT2D eigenvalue weighted by molar-refractivity contribution is 5.80. The van der Waals surface area contributed by atoms with Crippen molar-refractivity contribution < 1.29 is 19.1 Å². The van der Waals surface area contributed by atoms with Crippen molar-refractivity contribution in [1.29, 1.82) is 0 Å². The summed E-state index contributed by atoms with van der Waals surface area (Å²) in [6, 6.07) is 0.232. The number of nitrogens with one attached hydrogen (secondary N) is 1. The highest BCUT2D eigenvalue weighted by Crippen LogP contribution is 2.26. The van der Waals surface area contributed by atoms with Gasteiger partial charge in [-0.05, 0) is 58.3 Å². The monoisotopic (exact) mass is 353 g/mol. The van der Waals surface area contributed by atoms with Crippen molar-refractivity contribution >= 4 is 11.7 Å². The molecule has 2 aliphatic rings. The first-order chi connectivity index (χ1) is 12.1. The van der Waals surface area contributed by atoms with E-state index < -0.39 is 0 Å². The van der Waals surface area contributed by atoms with Crippen molar-refractivity contribution in [3.05, 3.63) is 0 Å². The molecule has 5 heteroatoms. The Labute approximate surface area is 152 Å². The highest BCUT2D eigenvalue weighted by atomic mass is 16.5. The molecule has 2 aliphatic carbocycles. The van der Waals surface area contributed by atoms with E-state index in [4.69, 9.17) is 9.47 Å². The zero-order valence-corrected chi connectivity index (χ0v) is 15.9. The molecule has 144 valence electrons. The number of ether oxygens (including phenoxy) is 2. The van der Waals surface area contributed by atoms with Crippen LogP contribution in [0, 0.1) is 5.92 Å². The number of rotatable bonds is 9. The molecule has 0 aromatic heterocycles. The van der Waals surface area contributed by atoms with Crippen LogP contribution in [0.5, 0.6) is 0 Å². The molecular formula is C20H35NO4. The van der Waals surface area contributed by atoms with E-state index in [0.717, 1.165) is 58.0 Å². The molecule has 0 aromatic carbocycles. The van der Waals surface area contributed by atoms with Gasteiger partial charge < -0.3 is 14.8 Å². The summed E-state index contributed by atoms with van der Waals surface area (Å²) in [6.07, 6.45) is 9.58. The summed E-state index contributed by atoms with van der Waals surface area (Å²) in [7, 11) is 0. The lowest BCUT2D eigenvalue weighted by molar-refractivity contribution is -0.124. The first-order valence-electron chi connectivity index (χ1n) is 10.2. The molecule has 0 aliphatic heterocycles. The second kappa shape index (κ2) is 10.9. The average molecular weight is 354 g/mol. The normalized spacial score (nSPS) is 30.0. The first kappa shape index (κ1) is 20.4. The van der Waals surface area contributed by atoms with Crippen LogP contribution in [-0.2, 0) is 19.1 Å². The van der Waals surface area contributed by atoms with E-state index >= 15 is 0 Å². The smallest absolute Gasteiger partial charge is 0.222 e. The summed E-state index contributed by atoms with van der Waals surface area (Å²) in [6.45, 7) is 5.25. The fourth-order valence-corrected chi connectivity index (χ4v) is 4.07. The zero-order chi connectivity index (χ0) is 18.1. The lowest BCUT2D eigenvalue weighted by Crippen LogP contribution is -2.39. The summed E-state index contributed by atoms with van der Waals surface area (Å²) in [5.74, 6) is 0.666. The van der Waals surface area contributed by atoms with Crippen LogP contribution in [0.1, 0.15) is 78.1 Å². The Morgan fingerprint density at radius 2 is 1.48 bits per heavy atom. The molecule has 2 fully saturated rings. The third kappa shape index (κ3) is 7.06. The molecule has 0 radical (unpaired) electrons. The van der Waals surface area contributed by atoms with Crippen LogP contribution in [0.4, 0.5) is 0 Å². The van der Waals surface area contributed by atoms with Crippen LogP contribution >= 0.6 is 0 Å². The maximum Gasteiger partial charge on any atom is 0.222 e. The Hall–Kier alpha value is -0.940. The van der Waals surface area contributed by atoms with Gasteiger partial charge in [-0.3, -0.25) is 9.59 Å². The topological polar surface area (TPSA) is 64.6 Å². The van der Waals surface area contributed by atoms with Crippen molar-refractivity contribution in [2.24, 2.45) is 5.92 Å². The van der Waals surface area contributed by atoms with Gasteiger partial charge in [0, 0.05) is 31.4 Å². The molecule has 0 heterocycles. The maximum absolute atomic E-state index is 12.1. The van der Waals surface area contributed by atoms with E-state index in [9.17, 15) is 9.59 Å².